The highest BCUT2D eigenvalue weighted by atomic mass is 31.1. The molecule has 5 nitrogen and oxygen atoms in total. The second-order valence-electron chi connectivity index (χ2n) is 0.834. The summed E-state index contributed by atoms with van der Waals surface area (Å²) < 4.78 is 4.45. The smallest absolute Gasteiger partial charge is 0.348 e. The van der Waals surface area contributed by atoms with Crippen LogP contribution in [0.25, 0.3) is 0 Å². The third-order valence-electron chi connectivity index (χ3n) is 0.281. The van der Waals surface area contributed by atoms with Crippen molar-refractivity contribution < 1.29 is 9.32 Å². The zero-order valence-electron chi connectivity index (χ0n) is 4.29. The van der Waals surface area contributed by atoms with Gasteiger partial charge in [-0.2, -0.15) is 0 Å². The number of primary amides is 1. The molecule has 0 aromatic rings. The summed E-state index contributed by atoms with van der Waals surface area (Å²) >= 11 is 0. The fourth-order valence-corrected chi connectivity index (χ4v) is 0.332. The minimum Gasteiger partial charge on any atom is -0.348 e. The normalized spacial score (nSPS) is 11.6. The molecule has 1 unspecified atom stereocenters. The van der Waals surface area contributed by atoms with Gasteiger partial charge in [0.1, 0.15) is 0 Å². The van der Waals surface area contributed by atoms with Gasteiger partial charge in [0.15, 0.2) is 8.96 Å². The summed E-state index contributed by atoms with van der Waals surface area (Å²) in [7, 11) is 1.32. The third kappa shape index (κ3) is 5.46. The van der Waals surface area contributed by atoms with E-state index in [9.17, 15) is 4.79 Å². The zero-order chi connectivity index (χ0) is 6.41. The van der Waals surface area contributed by atoms with E-state index in [2.05, 4.69) is 20.3 Å². The van der Waals surface area contributed by atoms with Gasteiger partial charge in [-0.05, 0) is 0 Å². The molecular weight excluding hydrogens is 129 g/mol. The lowest BCUT2D eigenvalue weighted by atomic mass is 11.2. The lowest BCUT2D eigenvalue weighted by Crippen LogP contribution is -2.01. The lowest BCUT2D eigenvalue weighted by molar-refractivity contribution is 0.255. The van der Waals surface area contributed by atoms with E-state index in [0.29, 0.717) is 0 Å². The molecule has 0 saturated heterocycles. The molecule has 0 spiro atoms. The van der Waals surface area contributed by atoms with Crippen molar-refractivity contribution in [2.45, 2.75) is 0 Å². The first kappa shape index (κ1) is 7.46. The van der Waals surface area contributed by atoms with Gasteiger partial charge < -0.3 is 10.3 Å². The van der Waals surface area contributed by atoms with E-state index >= 15 is 0 Å². The molecule has 46 valence electrons. The molecule has 0 heterocycles. The van der Waals surface area contributed by atoms with Crippen LogP contribution in [-0.4, -0.2) is 13.1 Å². The van der Waals surface area contributed by atoms with Crippen molar-refractivity contribution in [1.29, 1.82) is 0 Å². The molecule has 2 N–H and O–H groups in total. The van der Waals surface area contributed by atoms with Crippen LogP contribution in [0.3, 0.4) is 0 Å². The molecule has 0 aromatic heterocycles. The SMILES string of the molecule is COPN=NC(N)=O. The van der Waals surface area contributed by atoms with Crippen LogP contribution in [-0.2, 0) is 4.52 Å². The fraction of sp³-hybridized carbons (Fsp3) is 0.500. The summed E-state index contributed by atoms with van der Waals surface area (Å²) in [6.45, 7) is 0. The fourth-order valence-electron chi connectivity index (χ4n) is 0.111. The summed E-state index contributed by atoms with van der Waals surface area (Å²) in [6, 6.07) is -0.797. The van der Waals surface area contributed by atoms with E-state index in [1.165, 1.54) is 7.11 Å². The molecule has 8 heavy (non-hydrogen) atoms. The van der Waals surface area contributed by atoms with Crippen molar-refractivity contribution >= 4 is 15.0 Å². The molecule has 0 radical (unpaired) electrons. The number of urea groups is 1. The number of rotatable bonds is 2. The van der Waals surface area contributed by atoms with Gasteiger partial charge in [0.05, 0.1) is 0 Å². The van der Waals surface area contributed by atoms with Crippen molar-refractivity contribution in [3.63, 3.8) is 0 Å². The van der Waals surface area contributed by atoms with E-state index < -0.39 is 6.03 Å². The van der Waals surface area contributed by atoms with Crippen LogP contribution in [0.1, 0.15) is 0 Å². The number of carbonyl (C=O) groups excluding carboxylic acids is 1. The summed E-state index contributed by atoms with van der Waals surface area (Å²) in [5, 5.41) is 2.97. The maximum Gasteiger partial charge on any atom is 0.356 e. The van der Waals surface area contributed by atoms with Gasteiger partial charge in [0.2, 0.25) is 0 Å². The highest BCUT2D eigenvalue weighted by Crippen LogP contribution is 2.09. The predicted octanol–water partition coefficient (Wildman–Crippen LogP) is 0.672. The Morgan fingerprint density at radius 3 is 2.88 bits per heavy atom. The molecule has 0 aliphatic carbocycles. The van der Waals surface area contributed by atoms with Crippen molar-refractivity contribution in [3.05, 3.63) is 0 Å². The van der Waals surface area contributed by atoms with Crippen LogP contribution in [0.5, 0.6) is 0 Å². The van der Waals surface area contributed by atoms with Crippen LogP contribution < -0.4 is 5.73 Å². The number of nitrogens with two attached hydrogens (primary N) is 1. The van der Waals surface area contributed by atoms with Crippen molar-refractivity contribution in [1.82, 2.24) is 0 Å². The van der Waals surface area contributed by atoms with Gasteiger partial charge in [-0.1, -0.05) is 5.11 Å². The first-order valence-corrected chi connectivity index (χ1v) is 2.61. The maximum atomic E-state index is 9.78. The highest BCUT2D eigenvalue weighted by Gasteiger charge is 1.81. The highest BCUT2D eigenvalue weighted by molar-refractivity contribution is 7.30. The summed E-state index contributed by atoms with van der Waals surface area (Å²) in [4.78, 5) is 13.0. The molecule has 6 heteroatoms. The van der Waals surface area contributed by atoms with E-state index in [4.69, 9.17) is 0 Å². The Morgan fingerprint density at radius 2 is 2.50 bits per heavy atom. The molecule has 0 rings (SSSR count). The maximum absolute atomic E-state index is 9.78. The van der Waals surface area contributed by atoms with Crippen molar-refractivity contribution in [3.8, 4) is 0 Å². The largest absolute Gasteiger partial charge is 0.356 e. The number of hydrogen-bond donors (Lipinski definition) is 1. The topological polar surface area (TPSA) is 77.0 Å². The van der Waals surface area contributed by atoms with E-state index in [1.54, 1.807) is 0 Å². The lowest BCUT2D eigenvalue weighted by Gasteiger charge is -1.81. The summed E-state index contributed by atoms with van der Waals surface area (Å²) in [6.07, 6.45) is 0. The molecule has 1 atom stereocenters. The van der Waals surface area contributed by atoms with Crippen molar-refractivity contribution in [2.24, 2.45) is 15.7 Å². The molecule has 0 aromatic carbocycles. The van der Waals surface area contributed by atoms with Crippen LogP contribution in [0.4, 0.5) is 4.79 Å². The Labute approximate surface area is 48.2 Å². The monoisotopic (exact) mass is 135 g/mol. The summed E-state index contributed by atoms with van der Waals surface area (Å²) in [5.41, 5.74) is 4.58. The third-order valence-corrected chi connectivity index (χ3v) is 0.645. The molecule has 0 fully saturated rings. The number of carbonyl (C=O) groups is 1. The average Bonchev–Trinajstić information content (AvgIpc) is 1.66. The Kier molecular flexibility index (Phi) is 4.30. The Hall–Kier alpha value is -0.540. The minimum atomic E-state index is -0.797. The Balaban J connectivity index is 3.20. The molecule has 0 aliphatic heterocycles. The van der Waals surface area contributed by atoms with E-state index in [0.717, 1.165) is 0 Å². The van der Waals surface area contributed by atoms with Crippen LogP contribution in [0.2, 0.25) is 0 Å². The standard InChI is InChI=1S/C2H6N3O2P/c1-7-8-5-4-2(3)6/h8H,1H3,(H2,3,6). The predicted molar refractivity (Wildman–Crippen MR) is 29.8 cm³/mol. The van der Waals surface area contributed by atoms with Gasteiger partial charge in [-0.25, -0.2) is 4.79 Å². The van der Waals surface area contributed by atoms with E-state index in [1.807, 2.05) is 0 Å². The Bertz CT molecular complexity index is 103. The molecule has 0 aliphatic rings. The van der Waals surface area contributed by atoms with Gasteiger partial charge >= 0.3 is 6.03 Å². The van der Waals surface area contributed by atoms with E-state index in [-0.39, 0.29) is 8.96 Å². The van der Waals surface area contributed by atoms with Crippen LogP contribution >= 0.6 is 8.96 Å². The van der Waals surface area contributed by atoms with Gasteiger partial charge in [-0.15, -0.1) is 4.88 Å². The molecule has 0 saturated carbocycles. The second-order valence-corrected chi connectivity index (χ2v) is 1.62. The number of nitrogens with zero attached hydrogens (tertiary/aromatic N) is 2. The molecule has 2 amide bonds. The average molecular weight is 135 g/mol. The first-order valence-electron chi connectivity index (χ1n) is 1.75. The first-order chi connectivity index (χ1) is 3.77. The summed E-state index contributed by atoms with van der Waals surface area (Å²) in [5.74, 6) is 0. The zero-order valence-corrected chi connectivity index (χ0v) is 5.29. The van der Waals surface area contributed by atoms with Crippen molar-refractivity contribution in [2.75, 3.05) is 7.11 Å². The Morgan fingerprint density at radius 1 is 1.88 bits per heavy atom. The number of amides is 2. The second kappa shape index (κ2) is 4.61. The molecule has 0 bridgehead atoms. The number of hydrogen-bond acceptors (Lipinski definition) is 3. The van der Waals surface area contributed by atoms with Gasteiger partial charge in [0.25, 0.3) is 0 Å². The van der Waals surface area contributed by atoms with Crippen LogP contribution in [0.15, 0.2) is 10.00 Å². The quantitative estimate of drug-likeness (QED) is 0.446. The van der Waals surface area contributed by atoms with Crippen LogP contribution in [0, 0.1) is 0 Å². The van der Waals surface area contributed by atoms with Gasteiger partial charge in [-0.3, -0.25) is 0 Å². The minimum absolute atomic E-state index is 0.135. The van der Waals surface area contributed by atoms with Gasteiger partial charge in [0, 0.05) is 7.11 Å². The molecular formula is C2H6N3O2P.